The van der Waals surface area contributed by atoms with E-state index in [0.29, 0.717) is 22.2 Å². The number of anilines is 1. The second-order valence-corrected chi connectivity index (χ2v) is 7.57. The van der Waals surface area contributed by atoms with Gasteiger partial charge in [0, 0.05) is 15.1 Å². The first-order valence-corrected chi connectivity index (χ1v) is 9.14. The quantitative estimate of drug-likeness (QED) is 0.637. The molecular weight excluding hydrogens is 414 g/mol. The van der Waals surface area contributed by atoms with E-state index in [9.17, 15) is 4.79 Å². The molecule has 24 heavy (non-hydrogen) atoms. The third-order valence-electron chi connectivity index (χ3n) is 3.22. The van der Waals surface area contributed by atoms with E-state index in [1.54, 1.807) is 32.4 Å². The van der Waals surface area contributed by atoms with Crippen molar-refractivity contribution < 1.29 is 14.3 Å². The highest BCUT2D eigenvalue weighted by molar-refractivity contribution is 9.10. The molecule has 1 atom stereocenters. The molecule has 4 nitrogen and oxygen atoms in total. The van der Waals surface area contributed by atoms with Crippen molar-refractivity contribution in [1.82, 2.24) is 0 Å². The minimum absolute atomic E-state index is 0.104. The first-order valence-electron chi connectivity index (χ1n) is 7.09. The lowest BCUT2D eigenvalue weighted by Gasteiger charge is -2.14. The lowest BCUT2D eigenvalue weighted by atomic mass is 10.3. The molecule has 0 fully saturated rings. The Bertz CT molecular complexity index is 742. The van der Waals surface area contributed by atoms with Crippen molar-refractivity contribution in [2.45, 2.75) is 17.1 Å². The average Bonchev–Trinajstić information content (AvgIpc) is 2.57. The predicted octanol–water partition coefficient (Wildman–Crippen LogP) is 5.24. The van der Waals surface area contributed by atoms with E-state index in [-0.39, 0.29) is 11.2 Å². The normalized spacial score (nSPS) is 11.7. The fourth-order valence-electron chi connectivity index (χ4n) is 1.97. The number of ether oxygens (including phenoxy) is 2. The van der Waals surface area contributed by atoms with Gasteiger partial charge < -0.3 is 14.8 Å². The topological polar surface area (TPSA) is 47.6 Å². The van der Waals surface area contributed by atoms with Crippen LogP contribution in [-0.2, 0) is 4.79 Å². The Morgan fingerprint density at radius 1 is 1.17 bits per heavy atom. The van der Waals surface area contributed by atoms with Crippen LogP contribution in [0.3, 0.4) is 0 Å². The highest BCUT2D eigenvalue weighted by Crippen LogP contribution is 2.34. The monoisotopic (exact) mass is 429 g/mol. The second kappa shape index (κ2) is 8.65. The molecule has 0 radical (unpaired) electrons. The van der Waals surface area contributed by atoms with Gasteiger partial charge in [0.15, 0.2) is 11.5 Å². The molecule has 1 N–H and O–H groups in total. The van der Waals surface area contributed by atoms with Gasteiger partial charge in [0.2, 0.25) is 5.91 Å². The van der Waals surface area contributed by atoms with Crippen LogP contribution < -0.4 is 14.8 Å². The fraction of sp³-hybridized carbons (Fsp3) is 0.235. The van der Waals surface area contributed by atoms with Crippen LogP contribution >= 0.6 is 39.3 Å². The molecule has 0 bridgehead atoms. The largest absolute Gasteiger partial charge is 0.493 e. The summed E-state index contributed by atoms with van der Waals surface area (Å²) in [6, 6.07) is 10.9. The van der Waals surface area contributed by atoms with Crippen molar-refractivity contribution in [3.8, 4) is 11.5 Å². The number of halogens is 2. The molecular formula is C17H17BrClNO3S. The molecule has 0 saturated heterocycles. The van der Waals surface area contributed by atoms with Gasteiger partial charge in [-0.2, -0.15) is 0 Å². The molecule has 2 aromatic carbocycles. The zero-order chi connectivity index (χ0) is 17.7. The van der Waals surface area contributed by atoms with E-state index in [1.807, 2.05) is 25.1 Å². The third-order valence-corrected chi connectivity index (χ3v) is 5.55. The molecule has 0 aromatic heterocycles. The summed E-state index contributed by atoms with van der Waals surface area (Å²) in [7, 11) is 3.17. The lowest BCUT2D eigenvalue weighted by molar-refractivity contribution is -0.115. The van der Waals surface area contributed by atoms with Crippen LogP contribution in [-0.4, -0.2) is 25.4 Å². The molecule has 0 aliphatic rings. The Morgan fingerprint density at radius 2 is 1.88 bits per heavy atom. The standard InChI is InChI=1S/C17H17BrClNO3S/c1-10(17(21)20-11-4-6-13(18)14(19)8-11)24-12-5-7-15(22-2)16(9-12)23-3/h4-10H,1-3H3,(H,20,21)/t10-/m0/s1. The Balaban J connectivity index is 2.04. The molecule has 7 heteroatoms. The van der Waals surface area contributed by atoms with Crippen LogP contribution in [0.25, 0.3) is 0 Å². The number of hydrogen-bond acceptors (Lipinski definition) is 4. The number of methoxy groups -OCH3 is 2. The van der Waals surface area contributed by atoms with E-state index >= 15 is 0 Å². The minimum atomic E-state index is -0.287. The van der Waals surface area contributed by atoms with Crippen molar-refractivity contribution >= 4 is 50.9 Å². The molecule has 0 saturated carbocycles. The summed E-state index contributed by atoms with van der Waals surface area (Å²) >= 11 is 10.8. The minimum Gasteiger partial charge on any atom is -0.493 e. The van der Waals surface area contributed by atoms with E-state index in [2.05, 4.69) is 21.2 Å². The summed E-state index contributed by atoms with van der Waals surface area (Å²) in [5, 5.41) is 3.12. The maximum atomic E-state index is 12.3. The van der Waals surface area contributed by atoms with Crippen molar-refractivity contribution in [2.24, 2.45) is 0 Å². The van der Waals surface area contributed by atoms with Gasteiger partial charge in [-0.3, -0.25) is 4.79 Å². The van der Waals surface area contributed by atoms with Crippen molar-refractivity contribution in [2.75, 3.05) is 19.5 Å². The first kappa shape index (κ1) is 19.0. The van der Waals surface area contributed by atoms with E-state index in [0.717, 1.165) is 9.37 Å². The number of benzene rings is 2. The van der Waals surface area contributed by atoms with Crippen LogP contribution in [0.15, 0.2) is 45.8 Å². The zero-order valence-electron chi connectivity index (χ0n) is 13.4. The van der Waals surface area contributed by atoms with Crippen LogP contribution in [0.2, 0.25) is 5.02 Å². The van der Waals surface area contributed by atoms with Crippen LogP contribution in [0, 0.1) is 0 Å². The van der Waals surface area contributed by atoms with Crippen molar-refractivity contribution in [3.63, 3.8) is 0 Å². The molecule has 2 rings (SSSR count). The summed E-state index contributed by atoms with van der Waals surface area (Å²) < 4.78 is 11.3. The predicted molar refractivity (Wildman–Crippen MR) is 103 cm³/mol. The number of rotatable bonds is 6. The van der Waals surface area contributed by atoms with E-state index in [4.69, 9.17) is 21.1 Å². The van der Waals surface area contributed by atoms with Gasteiger partial charge in [-0.15, -0.1) is 11.8 Å². The second-order valence-electron chi connectivity index (χ2n) is 4.90. The SMILES string of the molecule is COc1ccc(S[C@@H](C)C(=O)Nc2ccc(Br)c(Cl)c2)cc1OC. The summed E-state index contributed by atoms with van der Waals surface area (Å²) in [5.41, 5.74) is 0.660. The fourth-order valence-corrected chi connectivity index (χ4v) is 3.29. The number of carbonyl (C=O) groups excluding carboxylic acids is 1. The van der Waals surface area contributed by atoms with Crippen LogP contribution in [0.4, 0.5) is 5.69 Å². The average molecular weight is 431 g/mol. The number of carbonyl (C=O) groups is 1. The maximum Gasteiger partial charge on any atom is 0.237 e. The van der Waals surface area contributed by atoms with Crippen molar-refractivity contribution in [1.29, 1.82) is 0 Å². The Labute approximate surface area is 159 Å². The molecule has 2 aromatic rings. The van der Waals surface area contributed by atoms with Gasteiger partial charge in [-0.25, -0.2) is 0 Å². The van der Waals surface area contributed by atoms with E-state index < -0.39 is 0 Å². The smallest absolute Gasteiger partial charge is 0.237 e. The summed E-state index contributed by atoms with van der Waals surface area (Å²) in [6.07, 6.45) is 0. The van der Waals surface area contributed by atoms with Crippen molar-refractivity contribution in [3.05, 3.63) is 45.9 Å². The summed E-state index contributed by atoms with van der Waals surface area (Å²) in [5.74, 6) is 1.19. The molecule has 0 aliphatic carbocycles. The lowest BCUT2D eigenvalue weighted by Crippen LogP contribution is -2.22. The maximum absolute atomic E-state index is 12.3. The summed E-state index contributed by atoms with van der Waals surface area (Å²) in [6.45, 7) is 1.84. The highest BCUT2D eigenvalue weighted by atomic mass is 79.9. The van der Waals surface area contributed by atoms with Gasteiger partial charge in [-0.1, -0.05) is 11.6 Å². The first-order chi connectivity index (χ1) is 11.4. The molecule has 0 spiro atoms. The number of nitrogens with one attached hydrogen (secondary N) is 1. The van der Waals surface area contributed by atoms with Gasteiger partial charge in [0.25, 0.3) is 0 Å². The highest BCUT2D eigenvalue weighted by Gasteiger charge is 2.16. The van der Waals surface area contributed by atoms with Gasteiger partial charge in [0.05, 0.1) is 24.5 Å². The molecule has 128 valence electrons. The zero-order valence-corrected chi connectivity index (χ0v) is 16.6. The van der Waals surface area contributed by atoms with Gasteiger partial charge in [0.1, 0.15) is 0 Å². The molecule has 0 heterocycles. The summed E-state index contributed by atoms with van der Waals surface area (Å²) in [4.78, 5) is 13.3. The molecule has 1 amide bonds. The van der Waals surface area contributed by atoms with Crippen LogP contribution in [0.1, 0.15) is 6.92 Å². The van der Waals surface area contributed by atoms with Gasteiger partial charge >= 0.3 is 0 Å². The number of thioether (sulfide) groups is 1. The van der Waals surface area contributed by atoms with E-state index in [1.165, 1.54) is 11.8 Å². The Morgan fingerprint density at radius 3 is 2.50 bits per heavy atom. The Kier molecular flexibility index (Phi) is 6.83. The Hall–Kier alpha value is -1.37. The third kappa shape index (κ3) is 4.82. The van der Waals surface area contributed by atoms with Crippen LogP contribution in [0.5, 0.6) is 11.5 Å². The number of amides is 1. The molecule has 0 unspecified atom stereocenters. The van der Waals surface area contributed by atoms with Gasteiger partial charge in [-0.05, 0) is 59.3 Å². The number of hydrogen-bond donors (Lipinski definition) is 1. The molecule has 0 aliphatic heterocycles.